The number of primary amides is 1. The summed E-state index contributed by atoms with van der Waals surface area (Å²) in [4.78, 5) is 27.9. The third-order valence-electron chi connectivity index (χ3n) is 5.18. The van der Waals surface area contributed by atoms with E-state index < -0.39 is 17.0 Å². The first-order valence-electron chi connectivity index (χ1n) is 9.21. The topological polar surface area (TPSA) is 97.2 Å². The van der Waals surface area contributed by atoms with Crippen LogP contribution in [-0.2, 0) is 10.3 Å². The quantitative estimate of drug-likeness (QED) is 0.517. The van der Waals surface area contributed by atoms with Crippen molar-refractivity contribution >= 4 is 38.8 Å². The van der Waals surface area contributed by atoms with Crippen LogP contribution in [0.5, 0.6) is 0 Å². The Morgan fingerprint density at radius 1 is 1.14 bits per heavy atom. The van der Waals surface area contributed by atoms with Gasteiger partial charge in [-0.05, 0) is 35.7 Å². The normalized spacial score (nSPS) is 13.7. The Labute approximate surface area is 177 Å². The Bertz CT molecular complexity index is 1040. The lowest BCUT2D eigenvalue weighted by Gasteiger charge is -2.44. The van der Waals surface area contributed by atoms with Gasteiger partial charge in [0, 0.05) is 32.7 Å². The second-order valence-electron chi connectivity index (χ2n) is 7.98. The van der Waals surface area contributed by atoms with Crippen LogP contribution in [0.3, 0.4) is 0 Å². The number of nitrogens with one attached hydrogen (secondary N) is 2. The third-order valence-corrected chi connectivity index (χ3v) is 5.67. The molecule has 1 aromatic heterocycles. The van der Waals surface area contributed by atoms with Crippen molar-refractivity contribution in [2.75, 3.05) is 6.61 Å². The lowest BCUT2D eigenvalue weighted by atomic mass is 9.69. The van der Waals surface area contributed by atoms with Crippen molar-refractivity contribution in [2.45, 2.75) is 26.3 Å². The molecule has 0 fully saturated rings. The van der Waals surface area contributed by atoms with Gasteiger partial charge in [-0.1, -0.05) is 54.9 Å². The molecule has 29 heavy (non-hydrogen) atoms. The van der Waals surface area contributed by atoms with Gasteiger partial charge in [0.2, 0.25) is 0 Å². The van der Waals surface area contributed by atoms with Crippen molar-refractivity contribution in [2.24, 2.45) is 11.1 Å². The van der Waals surface area contributed by atoms with Gasteiger partial charge in [-0.3, -0.25) is 4.79 Å². The van der Waals surface area contributed by atoms with Gasteiger partial charge in [0.15, 0.2) is 0 Å². The summed E-state index contributed by atoms with van der Waals surface area (Å²) in [6, 6.07) is 14.8. The summed E-state index contributed by atoms with van der Waals surface area (Å²) in [5.41, 5.74) is 5.96. The number of carbonyl (C=O) groups excluding carboxylic acids is 2. The van der Waals surface area contributed by atoms with E-state index in [2.05, 4.69) is 26.2 Å². The highest BCUT2D eigenvalue weighted by atomic mass is 79.9. The van der Waals surface area contributed by atoms with Gasteiger partial charge >= 0.3 is 6.09 Å². The predicted molar refractivity (Wildman–Crippen MR) is 117 cm³/mol. The molecule has 1 atom stereocenters. The van der Waals surface area contributed by atoms with Gasteiger partial charge in [0.05, 0.1) is 0 Å². The molecule has 6 nitrogen and oxygen atoms in total. The van der Waals surface area contributed by atoms with Crippen LogP contribution in [0.15, 0.2) is 59.2 Å². The molecule has 0 spiro atoms. The van der Waals surface area contributed by atoms with Crippen molar-refractivity contribution in [3.05, 3.63) is 70.3 Å². The standard InChI is InChI=1S/C22H24BrN3O3/c1-21(2,3)22(13-29-20(24)28,26-19(27)14-7-5-4-6-8-14)17-12-25-18-10-9-15(23)11-16(17)18/h4-12,25H,13H2,1-3H3,(H2,24,28)(H,26,27). The van der Waals surface area contributed by atoms with Crippen LogP contribution in [0.2, 0.25) is 0 Å². The fraction of sp³-hybridized carbons (Fsp3) is 0.273. The molecule has 2 aromatic carbocycles. The molecule has 152 valence electrons. The van der Waals surface area contributed by atoms with Crippen LogP contribution in [-0.4, -0.2) is 23.6 Å². The maximum atomic E-state index is 13.1. The highest BCUT2D eigenvalue weighted by Gasteiger charge is 2.47. The molecule has 2 amide bonds. The van der Waals surface area contributed by atoms with Crippen molar-refractivity contribution in [3.8, 4) is 0 Å². The molecule has 7 heteroatoms. The van der Waals surface area contributed by atoms with E-state index in [1.807, 2.05) is 51.2 Å². The molecular weight excluding hydrogens is 434 g/mol. The summed E-state index contributed by atoms with van der Waals surface area (Å²) in [5.74, 6) is -0.266. The van der Waals surface area contributed by atoms with E-state index in [4.69, 9.17) is 10.5 Å². The molecule has 3 aromatic rings. The highest BCUT2D eigenvalue weighted by Crippen LogP contribution is 2.43. The zero-order valence-electron chi connectivity index (χ0n) is 16.6. The second-order valence-corrected chi connectivity index (χ2v) is 8.89. The summed E-state index contributed by atoms with van der Waals surface area (Å²) >= 11 is 3.51. The Morgan fingerprint density at radius 3 is 2.45 bits per heavy atom. The van der Waals surface area contributed by atoms with Crippen molar-refractivity contribution < 1.29 is 14.3 Å². The van der Waals surface area contributed by atoms with E-state index >= 15 is 0 Å². The number of H-pyrrole nitrogens is 1. The minimum atomic E-state index is -1.03. The van der Waals surface area contributed by atoms with E-state index in [0.717, 1.165) is 20.9 Å². The number of ether oxygens (including phenoxy) is 1. The lowest BCUT2D eigenvalue weighted by Crippen LogP contribution is -2.57. The highest BCUT2D eigenvalue weighted by molar-refractivity contribution is 9.10. The van der Waals surface area contributed by atoms with E-state index in [9.17, 15) is 9.59 Å². The summed E-state index contributed by atoms with van der Waals surface area (Å²) in [7, 11) is 0. The number of carbonyl (C=O) groups is 2. The lowest BCUT2D eigenvalue weighted by molar-refractivity contribution is 0.0379. The number of amides is 2. The van der Waals surface area contributed by atoms with Crippen LogP contribution in [0.4, 0.5) is 4.79 Å². The summed E-state index contributed by atoms with van der Waals surface area (Å²) in [5, 5.41) is 4.06. The maximum absolute atomic E-state index is 13.1. The molecule has 4 N–H and O–H groups in total. The Kier molecular flexibility index (Phi) is 5.71. The summed E-state index contributed by atoms with van der Waals surface area (Å²) in [6.45, 7) is 5.85. The zero-order chi connectivity index (χ0) is 21.2. The molecule has 0 saturated carbocycles. The number of nitrogens with two attached hydrogens (primary N) is 1. The number of aromatic amines is 1. The van der Waals surface area contributed by atoms with Crippen LogP contribution in [0, 0.1) is 5.41 Å². The molecule has 0 saturated heterocycles. The molecule has 1 heterocycles. The average Bonchev–Trinajstić information content (AvgIpc) is 3.08. The Balaban J connectivity index is 2.19. The molecule has 0 aliphatic heterocycles. The van der Waals surface area contributed by atoms with Gasteiger partial charge in [-0.2, -0.15) is 0 Å². The minimum Gasteiger partial charge on any atom is -0.447 e. The number of benzene rings is 2. The molecule has 0 bridgehead atoms. The number of halogens is 1. The SMILES string of the molecule is CC(C)(C)C(COC(N)=O)(NC(=O)c1ccccc1)c1c[nH]c2ccc(Br)cc12. The summed E-state index contributed by atoms with van der Waals surface area (Å²) < 4.78 is 6.17. The van der Waals surface area contributed by atoms with E-state index in [-0.39, 0.29) is 12.5 Å². The Morgan fingerprint density at radius 2 is 1.83 bits per heavy atom. The molecule has 0 aliphatic rings. The first-order valence-corrected chi connectivity index (χ1v) is 10.0. The molecule has 0 aliphatic carbocycles. The van der Waals surface area contributed by atoms with Gasteiger partial charge in [0.1, 0.15) is 12.1 Å². The fourth-order valence-corrected chi connectivity index (χ4v) is 3.83. The third kappa shape index (κ3) is 4.15. The number of hydrogen-bond acceptors (Lipinski definition) is 3. The van der Waals surface area contributed by atoms with Gasteiger partial charge in [-0.15, -0.1) is 0 Å². The van der Waals surface area contributed by atoms with Crippen LogP contribution in [0.1, 0.15) is 36.7 Å². The predicted octanol–water partition coefficient (Wildman–Crippen LogP) is 4.70. The van der Waals surface area contributed by atoms with E-state index in [1.165, 1.54) is 0 Å². The zero-order valence-corrected chi connectivity index (χ0v) is 18.2. The molecule has 3 rings (SSSR count). The van der Waals surface area contributed by atoms with Crippen LogP contribution >= 0.6 is 15.9 Å². The van der Waals surface area contributed by atoms with Crippen molar-refractivity contribution in [3.63, 3.8) is 0 Å². The van der Waals surface area contributed by atoms with Gasteiger partial charge in [0.25, 0.3) is 5.91 Å². The van der Waals surface area contributed by atoms with Gasteiger partial charge < -0.3 is 20.8 Å². The monoisotopic (exact) mass is 457 g/mol. The molecule has 0 radical (unpaired) electrons. The van der Waals surface area contributed by atoms with E-state index in [1.54, 1.807) is 24.3 Å². The maximum Gasteiger partial charge on any atom is 0.404 e. The van der Waals surface area contributed by atoms with Gasteiger partial charge in [-0.25, -0.2) is 4.79 Å². The fourth-order valence-electron chi connectivity index (χ4n) is 3.47. The number of hydrogen-bond donors (Lipinski definition) is 3. The first-order chi connectivity index (χ1) is 13.6. The molecule has 1 unspecified atom stereocenters. The second kappa shape index (κ2) is 7.91. The van der Waals surface area contributed by atoms with E-state index in [0.29, 0.717) is 5.56 Å². The number of fused-ring (bicyclic) bond motifs is 1. The number of rotatable bonds is 5. The smallest absolute Gasteiger partial charge is 0.404 e. The Hall–Kier alpha value is -2.80. The molecular formula is C22H24BrN3O3. The number of aromatic nitrogens is 1. The first kappa shape index (κ1) is 20.9. The van der Waals surface area contributed by atoms with Crippen LogP contribution < -0.4 is 11.1 Å². The van der Waals surface area contributed by atoms with Crippen LogP contribution in [0.25, 0.3) is 10.9 Å². The summed E-state index contributed by atoms with van der Waals surface area (Å²) in [6.07, 6.45) is 0.950. The largest absolute Gasteiger partial charge is 0.447 e. The van der Waals surface area contributed by atoms with Crippen molar-refractivity contribution in [1.29, 1.82) is 0 Å². The van der Waals surface area contributed by atoms with Crippen molar-refractivity contribution in [1.82, 2.24) is 10.3 Å². The minimum absolute atomic E-state index is 0.107. The average molecular weight is 458 g/mol.